The number of hydrogen-bond donors (Lipinski definition) is 2. The number of rotatable bonds is 4. The van der Waals surface area contributed by atoms with Crippen LogP contribution in [-0.2, 0) is 0 Å². The number of benzene rings is 3. The average molecular weight is 419 g/mol. The molecule has 152 valence electrons. The predicted octanol–water partition coefficient (Wildman–Crippen LogP) is 5.66. The van der Waals surface area contributed by atoms with E-state index in [1.165, 1.54) is 16.6 Å². The van der Waals surface area contributed by atoms with E-state index in [4.69, 9.17) is 21.1 Å². The summed E-state index contributed by atoms with van der Waals surface area (Å²) in [5.74, 6) is 1.62. The lowest BCUT2D eigenvalue weighted by Gasteiger charge is -2.32. The Balaban J connectivity index is 1.68. The number of para-hydroxylation sites is 1. The highest BCUT2D eigenvalue weighted by Crippen LogP contribution is 2.44. The molecule has 0 aliphatic carbocycles. The minimum atomic E-state index is 0.0194. The zero-order chi connectivity index (χ0) is 20.7. The zero-order valence-electron chi connectivity index (χ0n) is 16.9. The summed E-state index contributed by atoms with van der Waals surface area (Å²) in [7, 11) is 3.32. The molecule has 2 heterocycles. The Kier molecular flexibility index (Phi) is 4.89. The van der Waals surface area contributed by atoms with Gasteiger partial charge >= 0.3 is 0 Å². The molecule has 0 spiro atoms. The van der Waals surface area contributed by atoms with Gasteiger partial charge in [-0.2, -0.15) is 0 Å². The van der Waals surface area contributed by atoms with Crippen LogP contribution in [0.1, 0.15) is 34.3 Å². The molecule has 0 amide bonds. The minimum Gasteiger partial charge on any atom is -0.493 e. The van der Waals surface area contributed by atoms with Gasteiger partial charge in [0.1, 0.15) is 0 Å². The van der Waals surface area contributed by atoms with Gasteiger partial charge in [-0.05, 0) is 41.0 Å². The highest BCUT2D eigenvalue weighted by Gasteiger charge is 2.33. The summed E-state index contributed by atoms with van der Waals surface area (Å²) in [5.41, 5.74) is 5.87. The van der Waals surface area contributed by atoms with Crippen LogP contribution in [0.25, 0.3) is 10.9 Å². The molecule has 1 aliphatic heterocycles. The third-order valence-corrected chi connectivity index (χ3v) is 6.31. The summed E-state index contributed by atoms with van der Waals surface area (Å²) in [6.45, 7) is 0.789. The number of fused-ring (bicyclic) bond motifs is 3. The quantitative estimate of drug-likeness (QED) is 0.449. The standard InChI is InChI=1S/C25H23ClN2O2/c1-29-21-12-11-15(13-22(21)30-2)24-25-23(17-8-4-6-10-20(17)28-25)18(14-27-24)16-7-3-5-9-19(16)26/h3-13,18,24,27-28H,14H2,1-2H3/t18-,24+/m1/s1. The smallest absolute Gasteiger partial charge is 0.161 e. The molecule has 0 bridgehead atoms. The summed E-state index contributed by atoms with van der Waals surface area (Å²) in [6.07, 6.45) is 0. The van der Waals surface area contributed by atoms with E-state index >= 15 is 0 Å². The number of aromatic amines is 1. The zero-order valence-corrected chi connectivity index (χ0v) is 17.7. The largest absolute Gasteiger partial charge is 0.493 e. The summed E-state index contributed by atoms with van der Waals surface area (Å²) >= 11 is 6.60. The Bertz CT molecular complexity index is 1220. The summed E-state index contributed by atoms with van der Waals surface area (Å²) in [4.78, 5) is 3.67. The van der Waals surface area contributed by atoms with E-state index in [0.29, 0.717) is 0 Å². The Morgan fingerprint density at radius 1 is 0.900 bits per heavy atom. The minimum absolute atomic E-state index is 0.0194. The van der Waals surface area contributed by atoms with Crippen LogP contribution < -0.4 is 14.8 Å². The summed E-state index contributed by atoms with van der Waals surface area (Å²) in [6, 6.07) is 22.7. The van der Waals surface area contributed by atoms with Gasteiger partial charge in [-0.3, -0.25) is 0 Å². The van der Waals surface area contributed by atoms with Crippen LogP contribution in [0.2, 0.25) is 5.02 Å². The Morgan fingerprint density at radius 3 is 2.47 bits per heavy atom. The molecule has 0 unspecified atom stereocenters. The molecular weight excluding hydrogens is 396 g/mol. The molecule has 0 saturated heterocycles. The molecule has 0 fully saturated rings. The number of aromatic nitrogens is 1. The molecule has 5 heteroatoms. The maximum atomic E-state index is 6.60. The lowest BCUT2D eigenvalue weighted by molar-refractivity contribution is 0.354. The highest BCUT2D eigenvalue weighted by atomic mass is 35.5. The summed E-state index contributed by atoms with van der Waals surface area (Å²) < 4.78 is 11.0. The van der Waals surface area contributed by atoms with Crippen molar-refractivity contribution in [1.29, 1.82) is 0 Å². The molecule has 3 aromatic carbocycles. The van der Waals surface area contributed by atoms with Crippen molar-refractivity contribution in [3.63, 3.8) is 0 Å². The Hall–Kier alpha value is -2.95. The first-order chi connectivity index (χ1) is 14.7. The average Bonchev–Trinajstić information content (AvgIpc) is 3.18. The van der Waals surface area contributed by atoms with Gasteiger partial charge in [0.15, 0.2) is 11.5 Å². The van der Waals surface area contributed by atoms with Crippen molar-refractivity contribution in [2.45, 2.75) is 12.0 Å². The Labute approximate surface area is 180 Å². The third kappa shape index (κ3) is 3.04. The van der Waals surface area contributed by atoms with Gasteiger partial charge in [-0.1, -0.05) is 54.1 Å². The van der Waals surface area contributed by atoms with E-state index in [2.05, 4.69) is 52.8 Å². The number of H-pyrrole nitrogens is 1. The fourth-order valence-corrected chi connectivity index (χ4v) is 4.83. The maximum absolute atomic E-state index is 6.60. The topological polar surface area (TPSA) is 46.3 Å². The molecule has 4 aromatic rings. The van der Waals surface area contributed by atoms with Crippen molar-refractivity contribution >= 4 is 22.5 Å². The van der Waals surface area contributed by atoms with Crippen molar-refractivity contribution in [2.24, 2.45) is 0 Å². The van der Waals surface area contributed by atoms with Gasteiger partial charge in [0.25, 0.3) is 0 Å². The molecule has 1 aliphatic rings. The highest BCUT2D eigenvalue weighted by molar-refractivity contribution is 6.31. The first-order valence-electron chi connectivity index (χ1n) is 10.0. The molecule has 30 heavy (non-hydrogen) atoms. The van der Waals surface area contributed by atoms with E-state index in [1.807, 2.05) is 24.3 Å². The third-order valence-electron chi connectivity index (χ3n) is 5.96. The SMILES string of the molecule is COc1ccc([C@@H]2NC[C@H](c3ccccc3Cl)c3c2[nH]c2ccccc32)cc1OC. The van der Waals surface area contributed by atoms with Crippen LogP contribution in [0, 0.1) is 0 Å². The molecular formula is C25H23ClN2O2. The molecule has 4 nitrogen and oxygen atoms in total. The van der Waals surface area contributed by atoms with Crippen molar-refractivity contribution in [3.05, 3.63) is 94.1 Å². The first-order valence-corrected chi connectivity index (χ1v) is 10.4. The molecule has 2 atom stereocenters. The van der Waals surface area contributed by atoms with Crippen LogP contribution in [0.15, 0.2) is 66.7 Å². The normalized spacial score (nSPS) is 18.2. The number of halogens is 1. The van der Waals surface area contributed by atoms with E-state index < -0.39 is 0 Å². The summed E-state index contributed by atoms with van der Waals surface area (Å²) in [5, 5.41) is 5.77. The van der Waals surface area contributed by atoms with Crippen molar-refractivity contribution in [1.82, 2.24) is 10.3 Å². The van der Waals surface area contributed by atoms with Gasteiger partial charge in [0.2, 0.25) is 0 Å². The van der Waals surface area contributed by atoms with Crippen LogP contribution in [-0.4, -0.2) is 25.7 Å². The van der Waals surface area contributed by atoms with Gasteiger partial charge in [-0.15, -0.1) is 0 Å². The second kappa shape index (κ2) is 7.71. The lowest BCUT2D eigenvalue weighted by atomic mass is 9.83. The number of ether oxygens (including phenoxy) is 2. The van der Waals surface area contributed by atoms with E-state index in [1.54, 1.807) is 14.2 Å². The number of hydrogen-bond acceptors (Lipinski definition) is 3. The monoisotopic (exact) mass is 418 g/mol. The number of nitrogens with one attached hydrogen (secondary N) is 2. The second-order valence-corrected chi connectivity index (χ2v) is 7.93. The van der Waals surface area contributed by atoms with Crippen molar-refractivity contribution in [3.8, 4) is 11.5 Å². The fraction of sp³-hybridized carbons (Fsp3) is 0.200. The van der Waals surface area contributed by atoms with Crippen molar-refractivity contribution < 1.29 is 9.47 Å². The van der Waals surface area contributed by atoms with Crippen LogP contribution in [0.5, 0.6) is 11.5 Å². The van der Waals surface area contributed by atoms with E-state index in [9.17, 15) is 0 Å². The first kappa shape index (κ1) is 19.0. The maximum Gasteiger partial charge on any atom is 0.161 e. The van der Waals surface area contributed by atoms with Crippen molar-refractivity contribution in [2.75, 3.05) is 20.8 Å². The van der Waals surface area contributed by atoms with Gasteiger partial charge in [0.05, 0.1) is 20.3 Å². The predicted molar refractivity (Wildman–Crippen MR) is 121 cm³/mol. The molecule has 1 aromatic heterocycles. The second-order valence-electron chi connectivity index (χ2n) is 7.53. The van der Waals surface area contributed by atoms with Crippen LogP contribution in [0.3, 0.4) is 0 Å². The van der Waals surface area contributed by atoms with E-state index in [0.717, 1.165) is 39.7 Å². The molecule has 2 N–H and O–H groups in total. The Morgan fingerprint density at radius 2 is 1.67 bits per heavy atom. The number of methoxy groups -OCH3 is 2. The molecule has 5 rings (SSSR count). The lowest BCUT2D eigenvalue weighted by Crippen LogP contribution is -2.34. The van der Waals surface area contributed by atoms with Crippen LogP contribution in [0.4, 0.5) is 0 Å². The fourth-order valence-electron chi connectivity index (χ4n) is 4.57. The molecule has 0 radical (unpaired) electrons. The van der Waals surface area contributed by atoms with Gasteiger partial charge in [0, 0.05) is 34.1 Å². The van der Waals surface area contributed by atoms with Gasteiger partial charge < -0.3 is 19.8 Å². The van der Waals surface area contributed by atoms with Gasteiger partial charge in [-0.25, -0.2) is 0 Å². The van der Waals surface area contributed by atoms with Crippen LogP contribution >= 0.6 is 11.6 Å². The van der Waals surface area contributed by atoms with E-state index in [-0.39, 0.29) is 12.0 Å². The molecule has 0 saturated carbocycles.